The van der Waals surface area contributed by atoms with Crippen molar-refractivity contribution in [2.75, 3.05) is 6.61 Å². The van der Waals surface area contributed by atoms with E-state index >= 15 is 0 Å². The molecule has 0 aliphatic carbocycles. The second kappa shape index (κ2) is 6.56. The average Bonchev–Trinajstić information content (AvgIpc) is 2.36. The number of aliphatic hydroxyl groups is 1. The molecule has 1 aromatic carbocycles. The van der Waals surface area contributed by atoms with Crippen molar-refractivity contribution in [3.05, 3.63) is 35.1 Å². The van der Waals surface area contributed by atoms with E-state index in [0.717, 1.165) is 0 Å². The molecule has 0 saturated carbocycles. The van der Waals surface area contributed by atoms with Gasteiger partial charge in [-0.05, 0) is 31.0 Å². The van der Waals surface area contributed by atoms with Crippen LogP contribution in [0.1, 0.15) is 31.9 Å². The van der Waals surface area contributed by atoms with Crippen LogP contribution in [-0.2, 0) is 9.53 Å². The minimum atomic E-state index is -1.61. The highest BCUT2D eigenvalue weighted by Crippen LogP contribution is 2.28. The van der Waals surface area contributed by atoms with Gasteiger partial charge in [0, 0.05) is 0 Å². The Hall–Kier alpha value is -1.56. The summed E-state index contributed by atoms with van der Waals surface area (Å²) in [6.07, 6.45) is -1.23. The molecule has 106 valence electrons. The molecule has 3 nitrogen and oxygen atoms in total. The van der Waals surface area contributed by atoms with Gasteiger partial charge in [0.1, 0.15) is 0 Å². The molecular formula is C13H15F3O3. The molecule has 2 atom stereocenters. The van der Waals surface area contributed by atoms with Gasteiger partial charge in [0.2, 0.25) is 0 Å². The van der Waals surface area contributed by atoms with Gasteiger partial charge < -0.3 is 9.84 Å². The van der Waals surface area contributed by atoms with Gasteiger partial charge in [0.25, 0.3) is 0 Å². The molecule has 0 heterocycles. The molecule has 19 heavy (non-hydrogen) atoms. The molecule has 2 unspecified atom stereocenters. The van der Waals surface area contributed by atoms with Crippen LogP contribution in [0.25, 0.3) is 0 Å². The number of esters is 1. The third-order valence-corrected chi connectivity index (χ3v) is 2.76. The molecule has 1 rings (SSSR count). The molecule has 0 bridgehead atoms. The molecular weight excluding hydrogens is 261 g/mol. The number of benzene rings is 1. The van der Waals surface area contributed by atoms with Crippen LogP contribution in [0, 0.1) is 23.4 Å². The Morgan fingerprint density at radius 2 is 1.79 bits per heavy atom. The monoisotopic (exact) mass is 276 g/mol. The summed E-state index contributed by atoms with van der Waals surface area (Å²) < 4.78 is 43.7. The number of aliphatic hydroxyl groups excluding tert-OH is 1. The van der Waals surface area contributed by atoms with Crippen molar-refractivity contribution in [1.82, 2.24) is 0 Å². The van der Waals surface area contributed by atoms with Crippen molar-refractivity contribution in [1.29, 1.82) is 0 Å². The van der Waals surface area contributed by atoms with E-state index in [4.69, 9.17) is 4.74 Å². The van der Waals surface area contributed by atoms with Gasteiger partial charge in [-0.25, -0.2) is 13.2 Å². The third-order valence-electron chi connectivity index (χ3n) is 2.76. The normalized spacial score (nSPS) is 14.0. The van der Waals surface area contributed by atoms with Gasteiger partial charge in [-0.2, -0.15) is 0 Å². The molecule has 0 fully saturated rings. The van der Waals surface area contributed by atoms with Gasteiger partial charge in [-0.1, -0.05) is 6.92 Å². The predicted molar refractivity (Wildman–Crippen MR) is 61.7 cm³/mol. The fourth-order valence-corrected chi connectivity index (χ4v) is 1.75. The van der Waals surface area contributed by atoms with E-state index in [-0.39, 0.29) is 18.6 Å². The molecule has 0 aliphatic heterocycles. The van der Waals surface area contributed by atoms with Crippen molar-refractivity contribution < 1.29 is 27.8 Å². The summed E-state index contributed by atoms with van der Waals surface area (Å²) in [7, 11) is 0. The smallest absolute Gasteiger partial charge is 0.311 e. The lowest BCUT2D eigenvalue weighted by atomic mass is 9.93. The molecule has 0 aliphatic rings. The van der Waals surface area contributed by atoms with E-state index < -0.39 is 35.4 Å². The van der Waals surface area contributed by atoms with Crippen LogP contribution in [0.2, 0.25) is 0 Å². The minimum Gasteiger partial charge on any atom is -0.466 e. The number of hydrogen-bond acceptors (Lipinski definition) is 3. The van der Waals surface area contributed by atoms with E-state index in [1.807, 2.05) is 0 Å². The highest BCUT2D eigenvalue weighted by atomic mass is 19.2. The first kappa shape index (κ1) is 15.5. The predicted octanol–water partition coefficient (Wildman–Crippen LogP) is 2.73. The molecule has 1 N–H and O–H groups in total. The Kier molecular flexibility index (Phi) is 5.35. The van der Waals surface area contributed by atoms with Crippen LogP contribution >= 0.6 is 0 Å². The van der Waals surface area contributed by atoms with E-state index in [0.29, 0.717) is 12.1 Å². The van der Waals surface area contributed by atoms with Crippen LogP contribution in [0.4, 0.5) is 13.2 Å². The van der Waals surface area contributed by atoms with Gasteiger partial charge >= 0.3 is 5.97 Å². The van der Waals surface area contributed by atoms with Crippen molar-refractivity contribution in [2.24, 2.45) is 5.92 Å². The molecule has 6 heteroatoms. The van der Waals surface area contributed by atoms with Gasteiger partial charge in [0.15, 0.2) is 17.5 Å². The van der Waals surface area contributed by atoms with E-state index in [1.54, 1.807) is 13.8 Å². The lowest BCUT2D eigenvalue weighted by Crippen LogP contribution is -2.24. The van der Waals surface area contributed by atoms with Crippen LogP contribution < -0.4 is 0 Å². The summed E-state index contributed by atoms with van der Waals surface area (Å²) in [6.45, 7) is 3.36. The van der Waals surface area contributed by atoms with E-state index in [1.165, 1.54) is 0 Å². The zero-order chi connectivity index (χ0) is 14.6. The van der Waals surface area contributed by atoms with Crippen molar-refractivity contribution in [3.63, 3.8) is 0 Å². The van der Waals surface area contributed by atoms with Crippen molar-refractivity contribution >= 4 is 5.97 Å². The Labute approximate surface area is 109 Å². The Morgan fingerprint density at radius 1 is 1.26 bits per heavy atom. The lowest BCUT2D eigenvalue weighted by Gasteiger charge is -2.20. The van der Waals surface area contributed by atoms with Crippen molar-refractivity contribution in [2.45, 2.75) is 26.4 Å². The molecule has 0 radical (unpaired) electrons. The summed E-state index contributed by atoms with van der Waals surface area (Å²) in [4.78, 5) is 11.6. The number of halogens is 3. The van der Waals surface area contributed by atoms with Gasteiger partial charge in [-0.15, -0.1) is 0 Å². The Morgan fingerprint density at radius 3 is 2.21 bits per heavy atom. The summed E-state index contributed by atoms with van der Waals surface area (Å²) in [5.41, 5.74) is -0.198. The molecule has 0 aromatic heterocycles. The first-order valence-corrected chi connectivity index (χ1v) is 5.91. The molecule has 1 aromatic rings. The largest absolute Gasteiger partial charge is 0.466 e. The lowest BCUT2D eigenvalue weighted by molar-refractivity contribution is -0.152. The van der Waals surface area contributed by atoms with Crippen LogP contribution in [-0.4, -0.2) is 17.7 Å². The summed E-state index contributed by atoms with van der Waals surface area (Å²) >= 11 is 0. The number of ether oxygens (including phenoxy) is 1. The minimum absolute atomic E-state index is 0.133. The maximum Gasteiger partial charge on any atom is 0.311 e. The quantitative estimate of drug-likeness (QED) is 0.664. The SMILES string of the molecule is CCOC(=O)C(CC)C(O)c1cc(F)c(F)c(F)c1. The highest BCUT2D eigenvalue weighted by molar-refractivity contribution is 5.73. The molecule has 0 saturated heterocycles. The van der Waals surface area contributed by atoms with Crippen LogP contribution in [0.3, 0.4) is 0 Å². The van der Waals surface area contributed by atoms with E-state index in [9.17, 15) is 23.1 Å². The zero-order valence-electron chi connectivity index (χ0n) is 10.6. The topological polar surface area (TPSA) is 46.5 Å². The first-order valence-electron chi connectivity index (χ1n) is 5.91. The average molecular weight is 276 g/mol. The van der Waals surface area contributed by atoms with E-state index in [2.05, 4.69) is 0 Å². The second-order valence-corrected chi connectivity index (χ2v) is 4.01. The molecule has 0 spiro atoms. The number of carbonyl (C=O) groups is 1. The highest BCUT2D eigenvalue weighted by Gasteiger charge is 2.29. The Bertz CT molecular complexity index is 439. The number of hydrogen-bond donors (Lipinski definition) is 1. The van der Waals surface area contributed by atoms with Crippen molar-refractivity contribution in [3.8, 4) is 0 Å². The maximum atomic E-state index is 13.1. The van der Waals surface area contributed by atoms with Gasteiger partial charge in [0.05, 0.1) is 18.6 Å². The fraction of sp³-hybridized carbons (Fsp3) is 0.462. The number of carbonyl (C=O) groups excluding carboxylic acids is 1. The first-order chi connectivity index (χ1) is 8.92. The fourth-order valence-electron chi connectivity index (χ4n) is 1.75. The second-order valence-electron chi connectivity index (χ2n) is 4.01. The van der Waals surface area contributed by atoms with Gasteiger partial charge in [-0.3, -0.25) is 4.79 Å². The standard InChI is InChI=1S/C13H15F3O3/c1-3-8(13(18)19-4-2)12(17)7-5-9(14)11(16)10(15)6-7/h5-6,8,12,17H,3-4H2,1-2H3. The summed E-state index contributed by atoms with van der Waals surface area (Å²) in [6, 6.07) is 1.34. The number of rotatable bonds is 5. The molecule has 0 amide bonds. The maximum absolute atomic E-state index is 13.1. The Balaban J connectivity index is 3.04. The third kappa shape index (κ3) is 3.47. The van der Waals surface area contributed by atoms with Crippen LogP contribution in [0.15, 0.2) is 12.1 Å². The summed E-state index contributed by atoms with van der Waals surface area (Å²) in [5, 5.41) is 9.96. The van der Waals surface area contributed by atoms with Crippen LogP contribution in [0.5, 0.6) is 0 Å². The zero-order valence-corrected chi connectivity index (χ0v) is 10.6. The summed E-state index contributed by atoms with van der Waals surface area (Å²) in [5.74, 6) is -6.05.